The molecule has 2 rings (SSSR count). The van der Waals surface area contributed by atoms with Crippen molar-refractivity contribution in [3.05, 3.63) is 55.7 Å². The summed E-state index contributed by atoms with van der Waals surface area (Å²) in [5.41, 5.74) is 2.64. The quantitative estimate of drug-likeness (QED) is 0.610. The maximum atomic E-state index is 2.38. The summed E-state index contributed by atoms with van der Waals surface area (Å²) < 4.78 is 2.61. The van der Waals surface area contributed by atoms with Gasteiger partial charge in [-0.3, -0.25) is 0 Å². The molecule has 0 aliphatic carbocycles. The number of halogens is 2. The lowest BCUT2D eigenvalue weighted by Gasteiger charge is -2.06. The molecule has 2 heteroatoms. The van der Waals surface area contributed by atoms with E-state index < -0.39 is 0 Å². The van der Waals surface area contributed by atoms with Crippen molar-refractivity contribution in [2.45, 2.75) is 0 Å². The second-order valence-electron chi connectivity index (χ2n) is 2.96. The third-order valence-corrected chi connectivity index (χ3v) is 3.82. The minimum absolute atomic E-state index is 1.29. The second-order valence-corrected chi connectivity index (χ2v) is 5.29. The highest BCUT2D eigenvalue weighted by Gasteiger charge is 2.05. The molecule has 0 spiro atoms. The summed E-state index contributed by atoms with van der Waals surface area (Å²) in [6.45, 7) is 0. The molecular formula is C12H8I2. The third kappa shape index (κ3) is 2.11. The van der Waals surface area contributed by atoms with Gasteiger partial charge in [0.15, 0.2) is 0 Å². The molecule has 0 aliphatic heterocycles. The second kappa shape index (κ2) is 4.61. The zero-order valence-electron chi connectivity index (χ0n) is 7.37. The monoisotopic (exact) mass is 406 g/mol. The molecule has 0 unspecified atom stereocenters. The van der Waals surface area contributed by atoms with Gasteiger partial charge in [-0.1, -0.05) is 36.4 Å². The Balaban J connectivity index is 2.63. The van der Waals surface area contributed by atoms with Crippen molar-refractivity contribution >= 4 is 45.2 Å². The van der Waals surface area contributed by atoms with Crippen LogP contribution in [0.5, 0.6) is 0 Å². The molecule has 0 nitrogen and oxygen atoms in total. The van der Waals surface area contributed by atoms with Crippen LogP contribution in [0.4, 0.5) is 0 Å². The van der Waals surface area contributed by atoms with E-state index in [2.05, 4.69) is 87.6 Å². The Morgan fingerprint density at radius 2 is 1.21 bits per heavy atom. The lowest BCUT2D eigenvalue weighted by Crippen LogP contribution is -1.86. The van der Waals surface area contributed by atoms with Gasteiger partial charge in [0.1, 0.15) is 0 Å². The van der Waals surface area contributed by atoms with Gasteiger partial charge in [-0.2, -0.15) is 0 Å². The van der Waals surface area contributed by atoms with Gasteiger partial charge in [-0.25, -0.2) is 0 Å². The molecule has 0 heterocycles. The Labute approximate surface area is 111 Å². The molecule has 2 aromatic carbocycles. The van der Waals surface area contributed by atoms with E-state index in [0.717, 1.165) is 0 Å². The lowest BCUT2D eigenvalue weighted by atomic mass is 10.1. The van der Waals surface area contributed by atoms with E-state index in [1.807, 2.05) is 6.07 Å². The highest BCUT2D eigenvalue weighted by molar-refractivity contribution is 14.1. The first-order valence-corrected chi connectivity index (χ1v) is 6.44. The summed E-state index contributed by atoms with van der Waals surface area (Å²) in [7, 11) is 0. The fraction of sp³-hybridized carbons (Fsp3) is 0. The van der Waals surface area contributed by atoms with Crippen molar-refractivity contribution < 1.29 is 0 Å². The highest BCUT2D eigenvalue weighted by atomic mass is 127. The van der Waals surface area contributed by atoms with Gasteiger partial charge in [0, 0.05) is 12.7 Å². The van der Waals surface area contributed by atoms with Crippen LogP contribution in [0.1, 0.15) is 0 Å². The standard InChI is InChI=1S/C12H8I2/c13-10-7-4-8-11(14)12(10)9-5-2-1-3-6-9/h1-8H. The third-order valence-electron chi connectivity index (χ3n) is 2.03. The maximum Gasteiger partial charge on any atom is 0.0219 e. The normalized spacial score (nSPS) is 10.1. The van der Waals surface area contributed by atoms with Gasteiger partial charge in [-0.05, 0) is 62.9 Å². The Kier molecular flexibility index (Phi) is 3.43. The summed E-state index contributed by atoms with van der Waals surface area (Å²) in [6.07, 6.45) is 0. The van der Waals surface area contributed by atoms with E-state index in [1.54, 1.807) is 0 Å². The molecule has 0 fully saturated rings. The number of hydrogen-bond donors (Lipinski definition) is 0. The Morgan fingerprint density at radius 1 is 0.643 bits per heavy atom. The SMILES string of the molecule is Ic1cccc(I)c1-c1ccccc1. The Hall–Kier alpha value is -0.100. The van der Waals surface area contributed by atoms with Gasteiger partial charge < -0.3 is 0 Å². The van der Waals surface area contributed by atoms with Crippen LogP contribution in [-0.4, -0.2) is 0 Å². The zero-order valence-corrected chi connectivity index (χ0v) is 11.7. The summed E-state index contributed by atoms with van der Waals surface area (Å²) in [6, 6.07) is 16.9. The van der Waals surface area contributed by atoms with Crippen LogP contribution in [-0.2, 0) is 0 Å². The Morgan fingerprint density at radius 3 is 1.79 bits per heavy atom. The van der Waals surface area contributed by atoms with Crippen molar-refractivity contribution in [1.82, 2.24) is 0 Å². The zero-order chi connectivity index (χ0) is 9.97. The number of benzene rings is 2. The van der Waals surface area contributed by atoms with Crippen LogP contribution in [0.15, 0.2) is 48.5 Å². The van der Waals surface area contributed by atoms with Crippen molar-refractivity contribution in [3.63, 3.8) is 0 Å². The van der Waals surface area contributed by atoms with Gasteiger partial charge in [0.05, 0.1) is 0 Å². The summed E-state index contributed by atoms with van der Waals surface area (Å²) in [4.78, 5) is 0. The van der Waals surface area contributed by atoms with E-state index in [-0.39, 0.29) is 0 Å². The van der Waals surface area contributed by atoms with E-state index in [0.29, 0.717) is 0 Å². The van der Waals surface area contributed by atoms with Crippen LogP contribution in [0.25, 0.3) is 11.1 Å². The van der Waals surface area contributed by atoms with E-state index in [4.69, 9.17) is 0 Å². The fourth-order valence-electron chi connectivity index (χ4n) is 1.38. The fourth-order valence-corrected chi connectivity index (χ4v) is 3.51. The van der Waals surface area contributed by atoms with Gasteiger partial charge in [0.25, 0.3) is 0 Å². The first kappa shape index (κ1) is 10.4. The molecule has 0 saturated heterocycles. The minimum Gasteiger partial charge on any atom is -0.0622 e. The molecule has 0 amide bonds. The average Bonchev–Trinajstić information content (AvgIpc) is 2.19. The van der Waals surface area contributed by atoms with E-state index in [1.165, 1.54) is 18.3 Å². The predicted octanol–water partition coefficient (Wildman–Crippen LogP) is 4.56. The number of hydrogen-bond acceptors (Lipinski definition) is 0. The summed E-state index contributed by atoms with van der Waals surface area (Å²) >= 11 is 4.77. The van der Waals surface area contributed by atoms with Crippen LogP contribution in [0.2, 0.25) is 0 Å². The Bertz CT molecular complexity index is 415. The van der Waals surface area contributed by atoms with Crippen molar-refractivity contribution in [2.75, 3.05) is 0 Å². The van der Waals surface area contributed by atoms with Crippen molar-refractivity contribution in [2.24, 2.45) is 0 Å². The van der Waals surface area contributed by atoms with Gasteiger partial charge >= 0.3 is 0 Å². The average molecular weight is 406 g/mol. The molecule has 14 heavy (non-hydrogen) atoms. The lowest BCUT2D eigenvalue weighted by molar-refractivity contribution is 1.54. The van der Waals surface area contributed by atoms with E-state index >= 15 is 0 Å². The molecular weight excluding hydrogens is 398 g/mol. The molecule has 0 saturated carbocycles. The van der Waals surface area contributed by atoms with Crippen molar-refractivity contribution in [1.29, 1.82) is 0 Å². The minimum atomic E-state index is 1.29. The largest absolute Gasteiger partial charge is 0.0622 e. The molecule has 2 aromatic rings. The molecule has 0 aromatic heterocycles. The first-order valence-electron chi connectivity index (χ1n) is 4.28. The van der Waals surface area contributed by atoms with Crippen LogP contribution in [0, 0.1) is 7.14 Å². The van der Waals surface area contributed by atoms with Crippen LogP contribution in [0.3, 0.4) is 0 Å². The summed E-state index contributed by atoms with van der Waals surface area (Å²) in [5.74, 6) is 0. The topological polar surface area (TPSA) is 0 Å². The van der Waals surface area contributed by atoms with Crippen LogP contribution < -0.4 is 0 Å². The molecule has 0 aliphatic rings. The van der Waals surface area contributed by atoms with Gasteiger partial charge in [0.2, 0.25) is 0 Å². The highest BCUT2D eigenvalue weighted by Crippen LogP contribution is 2.29. The summed E-state index contributed by atoms with van der Waals surface area (Å²) in [5, 5.41) is 0. The first-order chi connectivity index (χ1) is 6.79. The smallest absolute Gasteiger partial charge is 0.0219 e. The molecule has 0 atom stereocenters. The van der Waals surface area contributed by atoms with Gasteiger partial charge in [-0.15, -0.1) is 0 Å². The predicted molar refractivity (Wildman–Crippen MR) is 77.3 cm³/mol. The molecule has 0 bridgehead atoms. The maximum absolute atomic E-state index is 2.38. The number of rotatable bonds is 1. The molecule has 70 valence electrons. The molecule has 0 radical (unpaired) electrons. The molecule has 0 N–H and O–H groups in total. The van der Waals surface area contributed by atoms with Crippen LogP contribution >= 0.6 is 45.2 Å². The van der Waals surface area contributed by atoms with Crippen molar-refractivity contribution in [3.8, 4) is 11.1 Å². The van der Waals surface area contributed by atoms with E-state index in [9.17, 15) is 0 Å².